The molecule has 2 heterocycles. The number of hydrogen-bond donors (Lipinski definition) is 6. The normalized spacial score (nSPS) is 9.86. The number of anilines is 4. The molecular formula is C26H32N10O6. The Morgan fingerprint density at radius 3 is 1.10 bits per heavy atom. The highest BCUT2D eigenvalue weighted by Gasteiger charge is 2.06. The molecule has 10 N–H and O–H groups in total. The van der Waals surface area contributed by atoms with Crippen LogP contribution in [0.3, 0.4) is 0 Å². The fourth-order valence-corrected chi connectivity index (χ4v) is 3.11. The van der Waals surface area contributed by atoms with Crippen LogP contribution in [-0.2, 0) is 9.59 Å². The van der Waals surface area contributed by atoms with Gasteiger partial charge >= 0.3 is 11.9 Å². The lowest BCUT2D eigenvalue weighted by Gasteiger charge is -2.03. The van der Waals surface area contributed by atoms with E-state index in [0.29, 0.717) is 24.5 Å². The van der Waals surface area contributed by atoms with Gasteiger partial charge in [-0.3, -0.25) is 9.59 Å². The first-order chi connectivity index (χ1) is 20.0. The van der Waals surface area contributed by atoms with Crippen molar-refractivity contribution >= 4 is 35.7 Å². The highest BCUT2D eigenvalue weighted by molar-refractivity contribution is 5.68. The average Bonchev–Trinajstić information content (AvgIpc) is 2.95. The zero-order valence-electron chi connectivity index (χ0n) is 23.0. The number of aliphatic carboxylic acids is 2. The number of rotatable bonds is 9. The van der Waals surface area contributed by atoms with E-state index in [4.69, 9.17) is 42.6 Å². The average molecular weight is 581 g/mol. The van der Waals surface area contributed by atoms with Gasteiger partial charge in [0, 0.05) is 24.0 Å². The van der Waals surface area contributed by atoms with Crippen LogP contribution in [0.4, 0.5) is 23.8 Å². The van der Waals surface area contributed by atoms with E-state index in [1.165, 1.54) is 0 Å². The summed E-state index contributed by atoms with van der Waals surface area (Å²) in [5, 5.41) is 16.3. The van der Waals surface area contributed by atoms with Crippen LogP contribution in [0.15, 0.2) is 48.5 Å². The number of ether oxygens (including phenoxy) is 2. The summed E-state index contributed by atoms with van der Waals surface area (Å²) in [6, 6.07) is 14.5. The molecule has 0 spiro atoms. The second-order valence-corrected chi connectivity index (χ2v) is 8.20. The van der Waals surface area contributed by atoms with Gasteiger partial charge in [-0.15, -0.1) is 0 Å². The Balaban J connectivity index is 0.000000228. The largest absolute Gasteiger partial charge is 0.497 e. The molecule has 42 heavy (non-hydrogen) atoms. The SMILES string of the molecule is COc1ccc(-c2nc(N)nc(N)n2)cc1.COc1ccc(-c2nc(N)nc(N)n2)cc1.O=C(O)CCCCC(=O)O. The number of nitrogens with two attached hydrogens (primary N) is 4. The number of benzene rings is 2. The Hall–Kier alpha value is -5.80. The highest BCUT2D eigenvalue weighted by atomic mass is 16.5. The van der Waals surface area contributed by atoms with Crippen molar-refractivity contribution in [3.8, 4) is 34.3 Å². The minimum atomic E-state index is -0.870. The Bertz CT molecular complexity index is 1300. The molecule has 16 nitrogen and oxygen atoms in total. The molecular weight excluding hydrogens is 548 g/mol. The fraction of sp³-hybridized carbons (Fsp3) is 0.231. The van der Waals surface area contributed by atoms with E-state index >= 15 is 0 Å². The molecule has 0 saturated heterocycles. The third kappa shape index (κ3) is 11.5. The molecule has 0 radical (unpaired) electrons. The van der Waals surface area contributed by atoms with Crippen molar-refractivity contribution in [1.29, 1.82) is 0 Å². The number of nitrogen functional groups attached to an aromatic ring is 4. The molecule has 4 rings (SSSR count). The summed E-state index contributed by atoms with van der Waals surface area (Å²) < 4.78 is 10.1. The molecule has 2 aromatic heterocycles. The van der Waals surface area contributed by atoms with Crippen molar-refractivity contribution in [2.45, 2.75) is 25.7 Å². The number of aromatic nitrogens is 6. The minimum Gasteiger partial charge on any atom is -0.497 e. The van der Waals surface area contributed by atoms with E-state index in [1.54, 1.807) is 14.2 Å². The topological polar surface area (TPSA) is 274 Å². The molecule has 0 saturated carbocycles. The molecule has 16 heteroatoms. The third-order valence-electron chi connectivity index (χ3n) is 5.07. The van der Waals surface area contributed by atoms with Crippen LogP contribution < -0.4 is 32.4 Å². The van der Waals surface area contributed by atoms with Crippen LogP contribution in [0.2, 0.25) is 0 Å². The number of hydrogen-bond acceptors (Lipinski definition) is 14. The number of carboxylic acid groups (broad SMARTS) is 2. The van der Waals surface area contributed by atoms with Crippen molar-refractivity contribution in [2.24, 2.45) is 0 Å². The summed E-state index contributed by atoms with van der Waals surface area (Å²) in [6.07, 6.45) is 1.02. The Labute approximate surface area is 240 Å². The third-order valence-corrected chi connectivity index (χ3v) is 5.07. The van der Waals surface area contributed by atoms with E-state index in [-0.39, 0.29) is 36.6 Å². The van der Waals surface area contributed by atoms with Crippen molar-refractivity contribution in [3.05, 3.63) is 48.5 Å². The first kappa shape index (κ1) is 32.4. The zero-order valence-corrected chi connectivity index (χ0v) is 23.0. The van der Waals surface area contributed by atoms with Crippen molar-refractivity contribution < 1.29 is 29.3 Å². The Morgan fingerprint density at radius 2 is 0.857 bits per heavy atom. The van der Waals surface area contributed by atoms with E-state index in [9.17, 15) is 9.59 Å². The Morgan fingerprint density at radius 1 is 0.571 bits per heavy atom. The molecule has 2 aromatic carbocycles. The van der Waals surface area contributed by atoms with Crippen LogP contribution in [0.5, 0.6) is 11.5 Å². The summed E-state index contributed by atoms with van der Waals surface area (Å²) in [4.78, 5) is 43.2. The predicted molar refractivity (Wildman–Crippen MR) is 155 cm³/mol. The van der Waals surface area contributed by atoms with Gasteiger partial charge in [0.15, 0.2) is 11.6 Å². The van der Waals surface area contributed by atoms with Crippen LogP contribution in [-0.4, -0.2) is 66.3 Å². The number of nitrogens with zero attached hydrogens (tertiary/aromatic N) is 6. The van der Waals surface area contributed by atoms with E-state index in [0.717, 1.165) is 22.6 Å². The van der Waals surface area contributed by atoms with Gasteiger partial charge in [0.1, 0.15) is 11.5 Å². The molecule has 0 bridgehead atoms. The minimum absolute atomic E-state index is 0.0628. The monoisotopic (exact) mass is 580 g/mol. The second kappa shape index (κ2) is 16.3. The van der Waals surface area contributed by atoms with Crippen molar-refractivity contribution in [3.63, 3.8) is 0 Å². The van der Waals surface area contributed by atoms with Crippen LogP contribution >= 0.6 is 0 Å². The summed E-state index contributed by atoms with van der Waals surface area (Å²) in [7, 11) is 3.21. The van der Waals surface area contributed by atoms with Gasteiger partial charge in [0.25, 0.3) is 0 Å². The first-order valence-electron chi connectivity index (χ1n) is 12.3. The highest BCUT2D eigenvalue weighted by Crippen LogP contribution is 2.21. The van der Waals surface area contributed by atoms with Gasteiger partial charge in [-0.1, -0.05) is 0 Å². The molecule has 0 amide bonds. The zero-order chi connectivity index (χ0) is 31.1. The van der Waals surface area contributed by atoms with Crippen molar-refractivity contribution in [1.82, 2.24) is 29.9 Å². The first-order valence-corrected chi connectivity index (χ1v) is 12.3. The van der Waals surface area contributed by atoms with Gasteiger partial charge < -0.3 is 42.6 Å². The molecule has 0 aliphatic rings. The maximum absolute atomic E-state index is 9.90. The molecule has 0 aliphatic heterocycles. The van der Waals surface area contributed by atoms with Crippen LogP contribution in [0.25, 0.3) is 22.8 Å². The molecule has 0 unspecified atom stereocenters. The molecule has 222 valence electrons. The summed E-state index contributed by atoms with van der Waals surface area (Å²) in [5.41, 5.74) is 23.6. The maximum atomic E-state index is 9.90. The number of methoxy groups -OCH3 is 2. The lowest BCUT2D eigenvalue weighted by molar-refractivity contribution is -0.139. The second-order valence-electron chi connectivity index (χ2n) is 8.20. The van der Waals surface area contributed by atoms with Gasteiger partial charge in [-0.25, -0.2) is 0 Å². The number of unbranched alkanes of at least 4 members (excludes halogenated alkanes) is 1. The number of carbonyl (C=O) groups is 2. The van der Waals surface area contributed by atoms with E-state index in [2.05, 4.69) is 29.9 Å². The van der Waals surface area contributed by atoms with Crippen LogP contribution in [0.1, 0.15) is 25.7 Å². The molecule has 4 aromatic rings. The van der Waals surface area contributed by atoms with Gasteiger partial charge in [0.05, 0.1) is 14.2 Å². The number of carboxylic acids is 2. The van der Waals surface area contributed by atoms with Gasteiger partial charge in [0.2, 0.25) is 23.8 Å². The summed E-state index contributed by atoms with van der Waals surface area (Å²) in [6.45, 7) is 0. The summed E-state index contributed by atoms with van der Waals surface area (Å²) in [5.74, 6) is 1.13. The van der Waals surface area contributed by atoms with Crippen molar-refractivity contribution in [2.75, 3.05) is 37.2 Å². The Kier molecular flexibility index (Phi) is 12.6. The molecule has 0 fully saturated rings. The standard InChI is InChI=1S/2C10H11N5O.C6H10O4/c2*1-16-7-4-2-6(3-5-7)8-13-9(11)15-10(12)14-8;7-5(8)3-1-2-4-6(9)10/h2*2-5H,1H3,(H4,11,12,13,14,15);1-4H2,(H,7,8)(H,9,10). The van der Waals surface area contributed by atoms with Gasteiger partial charge in [-0.05, 0) is 61.4 Å². The quantitative estimate of drug-likeness (QED) is 0.155. The maximum Gasteiger partial charge on any atom is 0.303 e. The lowest BCUT2D eigenvalue weighted by Crippen LogP contribution is -2.04. The fourth-order valence-electron chi connectivity index (χ4n) is 3.11. The van der Waals surface area contributed by atoms with Crippen LogP contribution in [0, 0.1) is 0 Å². The summed E-state index contributed by atoms with van der Waals surface area (Å²) >= 11 is 0. The lowest BCUT2D eigenvalue weighted by atomic mass is 10.2. The smallest absolute Gasteiger partial charge is 0.303 e. The van der Waals surface area contributed by atoms with E-state index < -0.39 is 11.9 Å². The predicted octanol–water partition coefficient (Wildman–Crippen LogP) is 2.14. The molecule has 0 aliphatic carbocycles. The molecule has 0 atom stereocenters. The van der Waals surface area contributed by atoms with E-state index in [1.807, 2.05) is 48.5 Å². The van der Waals surface area contributed by atoms with Gasteiger partial charge in [-0.2, -0.15) is 29.9 Å².